The van der Waals surface area contributed by atoms with Gasteiger partial charge in [0, 0.05) is 23.5 Å². The van der Waals surface area contributed by atoms with Crippen molar-refractivity contribution in [2.45, 2.75) is 38.0 Å². The fourth-order valence-corrected chi connectivity index (χ4v) is 4.60. The van der Waals surface area contributed by atoms with Gasteiger partial charge in [0.25, 0.3) is 0 Å². The normalized spacial score (nSPS) is 23.2. The van der Waals surface area contributed by atoms with Gasteiger partial charge >= 0.3 is 0 Å². The van der Waals surface area contributed by atoms with Crippen molar-refractivity contribution in [1.29, 1.82) is 5.26 Å². The molecule has 0 saturated heterocycles. The Balaban J connectivity index is 1.48. The number of benzene rings is 1. The molecule has 122 valence electrons. The van der Waals surface area contributed by atoms with Crippen LogP contribution in [0.4, 0.5) is 0 Å². The molecule has 2 aliphatic carbocycles. The lowest BCUT2D eigenvalue weighted by atomic mass is 9.77. The molecule has 1 saturated carbocycles. The summed E-state index contributed by atoms with van der Waals surface area (Å²) in [5, 5.41) is 9.16. The van der Waals surface area contributed by atoms with E-state index in [0.29, 0.717) is 5.92 Å². The number of hydrogen-bond acceptors (Lipinski definition) is 3. The summed E-state index contributed by atoms with van der Waals surface area (Å²) in [6, 6.07) is 14.5. The second-order valence-corrected chi connectivity index (χ2v) is 7.38. The lowest BCUT2D eigenvalue weighted by Gasteiger charge is -2.26. The summed E-state index contributed by atoms with van der Waals surface area (Å²) >= 11 is 0. The standard InChI is InChI=1S/C22H19N3/c23-14-15-2-1-3-17(12-15)18-4-5-19-20(13-18)25-21(22(19)8-9-22)16-6-10-24-11-7-16/h1-3,6-7,10-12,18H,4-5,8-9,13H2. The third kappa shape index (κ3) is 2.25. The van der Waals surface area contributed by atoms with Crippen molar-refractivity contribution in [3.05, 3.63) is 76.8 Å². The summed E-state index contributed by atoms with van der Waals surface area (Å²) in [6.07, 6.45) is 9.50. The molecule has 3 nitrogen and oxygen atoms in total. The van der Waals surface area contributed by atoms with Crippen molar-refractivity contribution in [3.8, 4) is 6.07 Å². The highest BCUT2D eigenvalue weighted by atomic mass is 14.9. The van der Waals surface area contributed by atoms with Gasteiger partial charge in [-0.15, -0.1) is 0 Å². The molecule has 0 N–H and O–H groups in total. The Kier molecular flexibility index (Phi) is 3.15. The molecule has 1 aliphatic heterocycles. The van der Waals surface area contributed by atoms with Crippen molar-refractivity contribution < 1.29 is 0 Å². The van der Waals surface area contributed by atoms with Crippen LogP contribution < -0.4 is 0 Å². The van der Waals surface area contributed by atoms with Crippen LogP contribution in [0.5, 0.6) is 0 Å². The minimum absolute atomic E-state index is 0.232. The SMILES string of the molecule is N#Cc1cccc(C2CCC3=C(C2)N=C(c2ccncc2)C32CC2)c1. The third-order valence-electron chi connectivity index (χ3n) is 6.00. The summed E-state index contributed by atoms with van der Waals surface area (Å²) in [5.41, 5.74) is 7.66. The Morgan fingerprint density at radius 3 is 2.72 bits per heavy atom. The van der Waals surface area contributed by atoms with Crippen molar-refractivity contribution >= 4 is 5.71 Å². The first-order valence-corrected chi connectivity index (χ1v) is 9.02. The molecule has 3 heteroatoms. The molecule has 1 aromatic carbocycles. The van der Waals surface area contributed by atoms with Gasteiger partial charge in [-0.3, -0.25) is 9.98 Å². The van der Waals surface area contributed by atoms with Crippen LogP contribution in [0.3, 0.4) is 0 Å². The second-order valence-electron chi connectivity index (χ2n) is 7.38. The van der Waals surface area contributed by atoms with Crippen LogP contribution in [0.2, 0.25) is 0 Å². The molecular weight excluding hydrogens is 306 g/mol. The molecule has 2 aromatic rings. The average Bonchev–Trinajstić information content (AvgIpc) is 3.41. The Morgan fingerprint density at radius 2 is 1.96 bits per heavy atom. The monoisotopic (exact) mass is 325 g/mol. The molecule has 1 unspecified atom stereocenters. The average molecular weight is 325 g/mol. The maximum Gasteiger partial charge on any atom is 0.0991 e. The lowest BCUT2D eigenvalue weighted by Crippen LogP contribution is -2.18. The fraction of sp³-hybridized carbons (Fsp3) is 0.318. The van der Waals surface area contributed by atoms with E-state index in [1.807, 2.05) is 30.6 Å². The van der Waals surface area contributed by atoms with Gasteiger partial charge < -0.3 is 0 Å². The van der Waals surface area contributed by atoms with E-state index in [1.165, 1.54) is 35.4 Å². The first kappa shape index (κ1) is 14.6. The van der Waals surface area contributed by atoms with E-state index in [2.05, 4.69) is 29.3 Å². The quantitative estimate of drug-likeness (QED) is 0.799. The van der Waals surface area contributed by atoms with Crippen LogP contribution in [0.1, 0.15) is 54.7 Å². The molecule has 1 aromatic heterocycles. The molecule has 0 bridgehead atoms. The van der Waals surface area contributed by atoms with E-state index in [4.69, 9.17) is 10.3 Å². The Hall–Kier alpha value is -2.73. The van der Waals surface area contributed by atoms with Crippen LogP contribution in [0.25, 0.3) is 0 Å². The smallest absolute Gasteiger partial charge is 0.0991 e. The predicted molar refractivity (Wildman–Crippen MR) is 97.2 cm³/mol. The molecule has 3 aliphatic rings. The number of allylic oxidation sites excluding steroid dienone is 2. The molecule has 0 radical (unpaired) electrons. The first-order valence-electron chi connectivity index (χ1n) is 9.02. The number of hydrogen-bond donors (Lipinski definition) is 0. The van der Waals surface area contributed by atoms with Crippen molar-refractivity contribution in [3.63, 3.8) is 0 Å². The van der Waals surface area contributed by atoms with Gasteiger partial charge in [0.15, 0.2) is 0 Å². The molecule has 25 heavy (non-hydrogen) atoms. The zero-order valence-electron chi connectivity index (χ0n) is 14.1. The third-order valence-corrected chi connectivity index (χ3v) is 6.00. The zero-order chi connectivity index (χ0) is 16.9. The van der Waals surface area contributed by atoms with Gasteiger partial charge in [0.05, 0.1) is 17.3 Å². The molecular formula is C22H19N3. The van der Waals surface area contributed by atoms with Gasteiger partial charge in [-0.05, 0) is 79.0 Å². The Labute approximate surface area is 147 Å². The maximum absolute atomic E-state index is 9.16. The Morgan fingerprint density at radius 1 is 1.12 bits per heavy atom. The number of fused-ring (bicyclic) bond motifs is 1. The molecule has 1 fully saturated rings. The zero-order valence-corrected chi connectivity index (χ0v) is 14.1. The van der Waals surface area contributed by atoms with Gasteiger partial charge in [-0.25, -0.2) is 0 Å². The second kappa shape index (κ2) is 5.39. The van der Waals surface area contributed by atoms with Gasteiger partial charge in [0.2, 0.25) is 0 Å². The summed E-state index contributed by atoms with van der Waals surface area (Å²) in [6.45, 7) is 0. The molecule has 1 atom stereocenters. The number of pyridine rings is 1. The number of nitriles is 1. The summed E-state index contributed by atoms with van der Waals surface area (Å²) in [4.78, 5) is 9.27. The molecule has 1 spiro atoms. The minimum atomic E-state index is 0.232. The predicted octanol–water partition coefficient (Wildman–Crippen LogP) is 4.76. The minimum Gasteiger partial charge on any atom is -0.265 e. The number of rotatable bonds is 2. The largest absolute Gasteiger partial charge is 0.265 e. The van der Waals surface area contributed by atoms with Crippen molar-refractivity contribution in [2.75, 3.05) is 0 Å². The van der Waals surface area contributed by atoms with Gasteiger partial charge in [-0.1, -0.05) is 12.1 Å². The van der Waals surface area contributed by atoms with Crippen LogP contribution in [-0.2, 0) is 0 Å². The van der Waals surface area contributed by atoms with Crippen LogP contribution in [-0.4, -0.2) is 10.7 Å². The van der Waals surface area contributed by atoms with E-state index >= 15 is 0 Å². The van der Waals surface area contributed by atoms with Crippen LogP contribution >= 0.6 is 0 Å². The topological polar surface area (TPSA) is 49.0 Å². The summed E-state index contributed by atoms with van der Waals surface area (Å²) < 4.78 is 0. The fourth-order valence-electron chi connectivity index (χ4n) is 4.60. The summed E-state index contributed by atoms with van der Waals surface area (Å²) in [5.74, 6) is 0.475. The van der Waals surface area contributed by atoms with Gasteiger partial charge in [-0.2, -0.15) is 5.26 Å². The van der Waals surface area contributed by atoms with Crippen LogP contribution in [0, 0.1) is 16.7 Å². The number of nitrogens with zero attached hydrogens (tertiary/aromatic N) is 3. The molecule has 0 amide bonds. The maximum atomic E-state index is 9.16. The van der Waals surface area contributed by atoms with E-state index < -0.39 is 0 Å². The molecule has 2 heterocycles. The van der Waals surface area contributed by atoms with E-state index in [-0.39, 0.29) is 5.41 Å². The number of aliphatic imine (C=N–C) groups is 1. The van der Waals surface area contributed by atoms with E-state index in [0.717, 1.165) is 24.8 Å². The van der Waals surface area contributed by atoms with Crippen LogP contribution in [0.15, 0.2) is 65.1 Å². The Bertz CT molecular complexity index is 943. The highest BCUT2D eigenvalue weighted by Crippen LogP contribution is 2.62. The lowest BCUT2D eigenvalue weighted by molar-refractivity contribution is 0.553. The van der Waals surface area contributed by atoms with E-state index in [9.17, 15) is 0 Å². The summed E-state index contributed by atoms with van der Waals surface area (Å²) in [7, 11) is 0. The molecule has 5 rings (SSSR count). The van der Waals surface area contributed by atoms with Crippen molar-refractivity contribution in [1.82, 2.24) is 4.98 Å². The number of aromatic nitrogens is 1. The first-order chi connectivity index (χ1) is 12.3. The van der Waals surface area contributed by atoms with E-state index in [1.54, 1.807) is 5.57 Å². The highest BCUT2D eigenvalue weighted by Gasteiger charge is 2.55. The highest BCUT2D eigenvalue weighted by molar-refractivity contribution is 6.10. The van der Waals surface area contributed by atoms with Crippen molar-refractivity contribution in [2.24, 2.45) is 10.4 Å². The van der Waals surface area contributed by atoms with Gasteiger partial charge in [0.1, 0.15) is 0 Å².